The number of hydrogen-bond donors (Lipinski definition) is 1. The third kappa shape index (κ3) is 5.39. The van der Waals surface area contributed by atoms with Gasteiger partial charge < -0.3 is 15.4 Å². The summed E-state index contributed by atoms with van der Waals surface area (Å²) in [5.74, 6) is 1.49. The molecule has 0 amide bonds. The second-order valence-electron chi connectivity index (χ2n) is 8.71. The Morgan fingerprint density at radius 1 is 1.16 bits per heavy atom. The highest BCUT2D eigenvalue weighted by atomic mass is 35.5. The molecule has 0 spiro atoms. The van der Waals surface area contributed by atoms with Crippen LogP contribution in [0.3, 0.4) is 0 Å². The van der Waals surface area contributed by atoms with Gasteiger partial charge in [-0.2, -0.15) is 0 Å². The highest BCUT2D eigenvalue weighted by molar-refractivity contribution is 6.30. The van der Waals surface area contributed by atoms with Crippen LogP contribution >= 0.6 is 11.6 Å². The first kappa shape index (κ1) is 22.1. The van der Waals surface area contributed by atoms with E-state index in [4.69, 9.17) is 22.1 Å². The van der Waals surface area contributed by atoms with E-state index in [2.05, 4.69) is 32.1 Å². The number of carbonyl (C=O) groups excluding carboxylic acids is 1. The molecular formula is C23H32ClN5O2. The zero-order valence-electron chi connectivity index (χ0n) is 18.2. The molecule has 4 rings (SSSR count). The van der Waals surface area contributed by atoms with Crippen LogP contribution < -0.4 is 5.73 Å². The molecule has 3 aliphatic rings. The van der Waals surface area contributed by atoms with Crippen molar-refractivity contribution in [3.63, 3.8) is 0 Å². The fourth-order valence-electron chi connectivity index (χ4n) is 5.05. The van der Waals surface area contributed by atoms with Crippen LogP contribution in [0, 0.1) is 5.92 Å². The van der Waals surface area contributed by atoms with E-state index in [1.54, 1.807) is 0 Å². The Kier molecular flexibility index (Phi) is 7.13. The van der Waals surface area contributed by atoms with Gasteiger partial charge in [-0.1, -0.05) is 23.7 Å². The van der Waals surface area contributed by atoms with Crippen molar-refractivity contribution in [3.8, 4) is 0 Å². The van der Waals surface area contributed by atoms with E-state index in [-0.39, 0.29) is 11.9 Å². The maximum absolute atomic E-state index is 12.5. The van der Waals surface area contributed by atoms with Gasteiger partial charge in [0.2, 0.25) is 0 Å². The van der Waals surface area contributed by atoms with Crippen molar-refractivity contribution >= 4 is 29.2 Å². The van der Waals surface area contributed by atoms with Crippen molar-refractivity contribution in [1.82, 2.24) is 9.80 Å². The summed E-state index contributed by atoms with van der Waals surface area (Å²) in [5, 5.41) is 8.98. The molecule has 7 nitrogen and oxygen atoms in total. The molecular weight excluding hydrogens is 414 g/mol. The molecule has 0 aromatic heterocycles. The van der Waals surface area contributed by atoms with Gasteiger partial charge in [0.1, 0.15) is 11.7 Å². The number of rotatable bonds is 5. The first-order valence-corrected chi connectivity index (χ1v) is 11.7. The molecule has 2 saturated heterocycles. The molecule has 0 radical (unpaired) electrons. The second kappa shape index (κ2) is 10.0. The number of ether oxygens (including phenoxy) is 1. The Bertz CT molecular complexity index is 833. The molecule has 0 aliphatic carbocycles. The molecule has 0 bridgehead atoms. The topological polar surface area (TPSA) is 83.5 Å². The Morgan fingerprint density at radius 3 is 2.55 bits per heavy atom. The number of likely N-dealkylation sites (tertiary alicyclic amines) is 2. The van der Waals surface area contributed by atoms with Crippen LogP contribution in [0.4, 0.5) is 0 Å². The van der Waals surface area contributed by atoms with Gasteiger partial charge in [0, 0.05) is 36.7 Å². The van der Waals surface area contributed by atoms with Crippen molar-refractivity contribution in [3.05, 3.63) is 34.9 Å². The maximum atomic E-state index is 12.5. The van der Waals surface area contributed by atoms with Crippen LogP contribution in [0.2, 0.25) is 5.02 Å². The molecule has 2 atom stereocenters. The minimum absolute atomic E-state index is 0.0353. The number of nitrogens with zero attached hydrogens (tertiary/aromatic N) is 4. The van der Waals surface area contributed by atoms with Gasteiger partial charge in [0.15, 0.2) is 0 Å². The summed E-state index contributed by atoms with van der Waals surface area (Å²) < 4.78 is 5.35. The average molecular weight is 446 g/mol. The first-order chi connectivity index (χ1) is 15.0. The molecule has 2 unspecified atom stereocenters. The van der Waals surface area contributed by atoms with E-state index in [1.165, 1.54) is 5.56 Å². The quantitative estimate of drug-likeness (QED) is 0.704. The van der Waals surface area contributed by atoms with Crippen LogP contribution in [-0.2, 0) is 16.0 Å². The van der Waals surface area contributed by atoms with E-state index < -0.39 is 0 Å². The van der Waals surface area contributed by atoms with E-state index >= 15 is 0 Å². The summed E-state index contributed by atoms with van der Waals surface area (Å²) in [6.45, 7) is 4.98. The molecule has 0 saturated carbocycles. The zero-order valence-corrected chi connectivity index (χ0v) is 18.9. The van der Waals surface area contributed by atoms with Crippen LogP contribution in [0.5, 0.6) is 0 Å². The van der Waals surface area contributed by atoms with Gasteiger partial charge >= 0.3 is 5.97 Å². The SMILES string of the molecule is CCOC(=O)C1CCC(Cc2ccc(Cl)cc2)N(C2CCN(C3=NN=C(N)C3)CC2)C1. The number of hydrogen-bond acceptors (Lipinski definition) is 7. The monoisotopic (exact) mass is 445 g/mol. The molecule has 8 heteroatoms. The largest absolute Gasteiger partial charge is 0.466 e. The number of halogens is 1. The molecule has 2 fully saturated rings. The van der Waals surface area contributed by atoms with Crippen LogP contribution in [0.25, 0.3) is 0 Å². The first-order valence-electron chi connectivity index (χ1n) is 11.3. The number of amidine groups is 2. The van der Waals surface area contributed by atoms with Gasteiger partial charge in [0.25, 0.3) is 0 Å². The molecule has 168 valence electrons. The molecule has 2 N–H and O–H groups in total. The Balaban J connectivity index is 1.43. The van der Waals surface area contributed by atoms with Crippen LogP contribution in [0.1, 0.15) is 44.6 Å². The standard InChI is InChI=1S/C23H32ClN5O2/c1-2-31-23(30)17-5-8-20(13-16-3-6-18(24)7-4-16)29(15-17)19-9-11-28(12-10-19)22-14-21(25)26-27-22/h3-4,6-7,17,19-20H,2,5,8-15H2,1H3,(H2,25,26). The minimum atomic E-state index is -0.0529. The summed E-state index contributed by atoms with van der Waals surface area (Å²) in [6, 6.07) is 9.02. The van der Waals surface area contributed by atoms with Crippen molar-refractivity contribution in [2.45, 2.75) is 57.5 Å². The second-order valence-corrected chi connectivity index (χ2v) is 9.15. The third-order valence-electron chi connectivity index (χ3n) is 6.68. The summed E-state index contributed by atoms with van der Waals surface area (Å²) in [4.78, 5) is 17.4. The van der Waals surface area contributed by atoms with Crippen molar-refractivity contribution < 1.29 is 9.53 Å². The highest BCUT2D eigenvalue weighted by Crippen LogP contribution is 2.31. The van der Waals surface area contributed by atoms with Crippen molar-refractivity contribution in [2.24, 2.45) is 21.9 Å². The molecule has 31 heavy (non-hydrogen) atoms. The summed E-state index contributed by atoms with van der Waals surface area (Å²) in [7, 11) is 0. The van der Waals surface area contributed by atoms with Gasteiger partial charge in [-0.05, 0) is 56.7 Å². The van der Waals surface area contributed by atoms with Crippen LogP contribution in [0.15, 0.2) is 34.5 Å². The van der Waals surface area contributed by atoms with Gasteiger partial charge in [-0.15, -0.1) is 10.2 Å². The van der Waals surface area contributed by atoms with E-state index in [9.17, 15) is 4.79 Å². The Morgan fingerprint density at radius 2 is 1.90 bits per heavy atom. The lowest BCUT2D eigenvalue weighted by Gasteiger charge is -2.46. The summed E-state index contributed by atoms with van der Waals surface area (Å²) in [6.07, 6.45) is 5.61. The van der Waals surface area contributed by atoms with Gasteiger partial charge in [-0.25, -0.2) is 0 Å². The van der Waals surface area contributed by atoms with E-state index in [0.29, 0.717) is 30.9 Å². The Hall–Kier alpha value is -2.12. The third-order valence-corrected chi connectivity index (χ3v) is 6.94. The fraction of sp³-hybridized carbons (Fsp3) is 0.609. The number of benzene rings is 1. The highest BCUT2D eigenvalue weighted by Gasteiger charge is 2.38. The predicted molar refractivity (Wildman–Crippen MR) is 123 cm³/mol. The molecule has 1 aromatic carbocycles. The number of piperidine rings is 2. The molecule has 1 aromatic rings. The van der Waals surface area contributed by atoms with Gasteiger partial charge in [0.05, 0.1) is 18.9 Å². The van der Waals surface area contributed by atoms with E-state index in [0.717, 1.165) is 62.6 Å². The normalized spacial score (nSPS) is 25.3. The lowest BCUT2D eigenvalue weighted by atomic mass is 9.86. The van der Waals surface area contributed by atoms with E-state index in [1.807, 2.05) is 19.1 Å². The lowest BCUT2D eigenvalue weighted by Crippen LogP contribution is -2.55. The number of carbonyl (C=O) groups is 1. The summed E-state index contributed by atoms with van der Waals surface area (Å²) in [5.41, 5.74) is 7.08. The molecule has 3 heterocycles. The predicted octanol–water partition coefficient (Wildman–Crippen LogP) is 3.07. The van der Waals surface area contributed by atoms with Crippen molar-refractivity contribution in [2.75, 3.05) is 26.2 Å². The fourth-order valence-corrected chi connectivity index (χ4v) is 5.18. The number of esters is 1. The smallest absolute Gasteiger partial charge is 0.310 e. The van der Waals surface area contributed by atoms with Crippen LogP contribution in [-0.4, -0.2) is 65.8 Å². The lowest BCUT2D eigenvalue weighted by molar-refractivity contribution is -0.151. The maximum Gasteiger partial charge on any atom is 0.310 e. The van der Waals surface area contributed by atoms with Gasteiger partial charge in [-0.3, -0.25) is 9.69 Å². The minimum Gasteiger partial charge on any atom is -0.466 e. The van der Waals surface area contributed by atoms with Crippen molar-refractivity contribution in [1.29, 1.82) is 0 Å². The Labute approximate surface area is 189 Å². The zero-order chi connectivity index (χ0) is 21.8. The number of nitrogens with two attached hydrogens (primary N) is 1. The molecule has 3 aliphatic heterocycles. The average Bonchev–Trinajstić information content (AvgIpc) is 3.22. The summed E-state index contributed by atoms with van der Waals surface area (Å²) >= 11 is 6.07.